The molecule has 0 radical (unpaired) electrons. The third-order valence-corrected chi connectivity index (χ3v) is 5.36. The number of anilines is 1. The molecule has 5 nitrogen and oxygen atoms in total. The molecule has 1 aliphatic rings. The minimum absolute atomic E-state index is 0.212. The van der Waals surface area contributed by atoms with Crippen LogP contribution in [0, 0.1) is 0 Å². The predicted octanol–water partition coefficient (Wildman–Crippen LogP) is 4.03. The van der Waals surface area contributed by atoms with Gasteiger partial charge in [-0.3, -0.25) is 4.68 Å². The second-order valence-electron chi connectivity index (χ2n) is 7.09. The van der Waals surface area contributed by atoms with Gasteiger partial charge in [-0.15, -0.1) is 0 Å². The van der Waals surface area contributed by atoms with E-state index in [2.05, 4.69) is 81.2 Å². The van der Waals surface area contributed by atoms with Crippen LogP contribution in [0.3, 0.4) is 0 Å². The van der Waals surface area contributed by atoms with Crippen molar-refractivity contribution in [2.24, 2.45) is 7.05 Å². The Morgan fingerprint density at radius 3 is 2.25 bits per heavy atom. The summed E-state index contributed by atoms with van der Waals surface area (Å²) in [6.45, 7) is 1.58. The van der Waals surface area contributed by atoms with E-state index in [9.17, 15) is 0 Å². The summed E-state index contributed by atoms with van der Waals surface area (Å²) in [5.41, 5.74) is 5.99. The first-order chi connectivity index (χ1) is 13.8. The molecule has 1 atom stereocenters. The maximum Gasteiger partial charge on any atom is 0.225 e. The van der Waals surface area contributed by atoms with Crippen molar-refractivity contribution in [1.82, 2.24) is 19.7 Å². The van der Waals surface area contributed by atoms with Crippen LogP contribution >= 0.6 is 0 Å². The Balaban J connectivity index is 1.68. The van der Waals surface area contributed by atoms with Crippen LogP contribution in [-0.2, 0) is 13.6 Å². The quantitative estimate of drug-likeness (QED) is 0.548. The van der Waals surface area contributed by atoms with Gasteiger partial charge in [-0.2, -0.15) is 5.10 Å². The fourth-order valence-electron chi connectivity index (χ4n) is 4.12. The zero-order valence-corrected chi connectivity index (χ0v) is 15.7. The lowest BCUT2D eigenvalue weighted by atomic mass is 9.88. The summed E-state index contributed by atoms with van der Waals surface area (Å²) in [6, 6.07) is 22.9. The van der Waals surface area contributed by atoms with E-state index in [4.69, 9.17) is 5.10 Å². The molecule has 2 aromatic carbocycles. The van der Waals surface area contributed by atoms with E-state index in [0.717, 1.165) is 30.3 Å². The third kappa shape index (κ3) is 2.85. The van der Waals surface area contributed by atoms with Gasteiger partial charge in [-0.1, -0.05) is 60.7 Å². The highest BCUT2D eigenvalue weighted by Gasteiger charge is 2.33. The third-order valence-electron chi connectivity index (χ3n) is 5.36. The Morgan fingerprint density at radius 2 is 1.54 bits per heavy atom. The van der Waals surface area contributed by atoms with Gasteiger partial charge >= 0.3 is 0 Å². The van der Waals surface area contributed by atoms with Gasteiger partial charge in [0.2, 0.25) is 5.95 Å². The van der Waals surface area contributed by atoms with Crippen molar-refractivity contribution in [2.75, 3.05) is 11.4 Å². The monoisotopic (exact) mass is 367 g/mol. The molecule has 3 heterocycles. The van der Waals surface area contributed by atoms with Gasteiger partial charge in [0, 0.05) is 49.6 Å². The van der Waals surface area contributed by atoms with E-state index in [-0.39, 0.29) is 5.92 Å². The van der Waals surface area contributed by atoms with Gasteiger partial charge in [0.1, 0.15) is 0 Å². The van der Waals surface area contributed by atoms with Crippen LogP contribution in [0.2, 0.25) is 0 Å². The molecule has 0 bridgehead atoms. The second-order valence-corrected chi connectivity index (χ2v) is 7.09. The van der Waals surface area contributed by atoms with Crippen molar-refractivity contribution in [3.8, 4) is 11.3 Å². The summed E-state index contributed by atoms with van der Waals surface area (Å²) < 4.78 is 2.05. The highest BCUT2D eigenvalue weighted by atomic mass is 15.3. The molecule has 138 valence electrons. The zero-order chi connectivity index (χ0) is 18.9. The zero-order valence-electron chi connectivity index (χ0n) is 15.7. The molecule has 5 heteroatoms. The molecule has 1 aliphatic heterocycles. The Morgan fingerprint density at radius 1 is 0.857 bits per heavy atom. The number of rotatable bonds is 3. The van der Waals surface area contributed by atoms with Crippen molar-refractivity contribution in [1.29, 1.82) is 0 Å². The fourth-order valence-corrected chi connectivity index (χ4v) is 4.12. The van der Waals surface area contributed by atoms with E-state index >= 15 is 0 Å². The summed E-state index contributed by atoms with van der Waals surface area (Å²) in [5, 5.41) is 4.92. The lowest BCUT2D eigenvalue weighted by Crippen LogP contribution is -2.36. The van der Waals surface area contributed by atoms with Crippen molar-refractivity contribution in [2.45, 2.75) is 12.5 Å². The maximum absolute atomic E-state index is 4.92. The Labute approximate surface area is 164 Å². The Kier molecular flexibility index (Phi) is 4.13. The van der Waals surface area contributed by atoms with Crippen molar-refractivity contribution in [3.05, 3.63) is 95.9 Å². The number of hydrogen-bond donors (Lipinski definition) is 0. The summed E-state index contributed by atoms with van der Waals surface area (Å²) in [7, 11) is 2.05. The molecular weight excluding hydrogens is 346 g/mol. The number of aryl methyl sites for hydroxylation is 1. The molecule has 0 N–H and O–H groups in total. The van der Waals surface area contributed by atoms with Gasteiger partial charge in [0.05, 0.1) is 11.4 Å². The predicted molar refractivity (Wildman–Crippen MR) is 110 cm³/mol. The molecule has 0 unspecified atom stereocenters. The molecule has 0 aliphatic carbocycles. The maximum atomic E-state index is 4.92. The summed E-state index contributed by atoms with van der Waals surface area (Å²) in [4.78, 5) is 11.3. The van der Waals surface area contributed by atoms with E-state index in [1.165, 1.54) is 16.8 Å². The van der Waals surface area contributed by atoms with E-state index < -0.39 is 0 Å². The molecule has 0 spiro atoms. The molecule has 0 fully saturated rings. The average molecular weight is 367 g/mol. The van der Waals surface area contributed by atoms with Crippen LogP contribution in [0.5, 0.6) is 0 Å². The molecule has 4 aromatic rings. The van der Waals surface area contributed by atoms with Crippen LogP contribution in [-0.4, -0.2) is 26.3 Å². The molecule has 5 rings (SSSR count). The minimum atomic E-state index is 0.212. The summed E-state index contributed by atoms with van der Waals surface area (Å²) >= 11 is 0. The number of aromatic nitrogens is 4. The van der Waals surface area contributed by atoms with Gasteiger partial charge in [0.25, 0.3) is 0 Å². The first-order valence-electron chi connectivity index (χ1n) is 9.49. The SMILES string of the molecule is Cn1nc(-c2ccccc2)c2c1[C@@H](c1ccccc1)CN(c1ncccn1)C2. The Bertz CT molecular complexity index is 1070. The molecule has 0 saturated heterocycles. The number of hydrogen-bond acceptors (Lipinski definition) is 4. The standard InChI is InChI=1S/C23H21N5/c1-27-22-19(17-9-4-2-5-10-17)15-28(23-24-13-8-14-25-23)16-20(22)21(26-27)18-11-6-3-7-12-18/h2-14,19H,15-16H2,1H3/t19-/m1/s1. The van der Waals surface area contributed by atoms with Gasteiger partial charge in [-0.25, -0.2) is 9.97 Å². The number of nitrogens with zero attached hydrogens (tertiary/aromatic N) is 5. The summed E-state index contributed by atoms with van der Waals surface area (Å²) in [5.74, 6) is 0.973. The van der Waals surface area contributed by atoms with E-state index in [1.54, 1.807) is 12.4 Å². The highest BCUT2D eigenvalue weighted by molar-refractivity contribution is 5.66. The largest absolute Gasteiger partial charge is 0.335 e. The first kappa shape index (κ1) is 16.7. The molecule has 0 amide bonds. The second kappa shape index (κ2) is 6.93. The highest BCUT2D eigenvalue weighted by Crippen LogP contribution is 2.38. The van der Waals surface area contributed by atoms with Gasteiger partial charge in [-0.05, 0) is 11.6 Å². The first-order valence-corrected chi connectivity index (χ1v) is 9.49. The lowest BCUT2D eigenvalue weighted by Gasteiger charge is -2.33. The van der Waals surface area contributed by atoms with Crippen LogP contribution in [0.25, 0.3) is 11.3 Å². The van der Waals surface area contributed by atoms with Gasteiger partial charge < -0.3 is 4.90 Å². The molecular formula is C23H21N5. The molecule has 28 heavy (non-hydrogen) atoms. The Hall–Kier alpha value is -3.47. The lowest BCUT2D eigenvalue weighted by molar-refractivity contribution is 0.595. The summed E-state index contributed by atoms with van der Waals surface area (Å²) in [6.07, 6.45) is 3.60. The number of fused-ring (bicyclic) bond motifs is 1. The van der Waals surface area contributed by atoms with Crippen molar-refractivity contribution in [3.63, 3.8) is 0 Å². The van der Waals surface area contributed by atoms with Crippen LogP contribution < -0.4 is 4.90 Å². The smallest absolute Gasteiger partial charge is 0.225 e. The molecule has 2 aromatic heterocycles. The number of benzene rings is 2. The normalized spacial score (nSPS) is 16.0. The van der Waals surface area contributed by atoms with Crippen molar-refractivity contribution < 1.29 is 0 Å². The molecule has 0 saturated carbocycles. The van der Waals surface area contributed by atoms with Crippen molar-refractivity contribution >= 4 is 5.95 Å². The van der Waals surface area contributed by atoms with Crippen LogP contribution in [0.1, 0.15) is 22.7 Å². The average Bonchev–Trinajstić information content (AvgIpc) is 3.11. The van der Waals surface area contributed by atoms with E-state index in [1.807, 2.05) is 12.1 Å². The van der Waals surface area contributed by atoms with Crippen LogP contribution in [0.4, 0.5) is 5.95 Å². The van der Waals surface area contributed by atoms with E-state index in [0.29, 0.717) is 0 Å². The van der Waals surface area contributed by atoms with Crippen LogP contribution in [0.15, 0.2) is 79.1 Å². The minimum Gasteiger partial charge on any atom is -0.335 e. The topological polar surface area (TPSA) is 46.8 Å². The fraction of sp³-hybridized carbons (Fsp3) is 0.174. The van der Waals surface area contributed by atoms with Gasteiger partial charge in [0.15, 0.2) is 0 Å².